The molecule has 0 saturated carbocycles. The second kappa shape index (κ2) is 6.56. The van der Waals surface area contributed by atoms with Gasteiger partial charge in [-0.05, 0) is 25.3 Å². The fourth-order valence-corrected chi connectivity index (χ4v) is 3.24. The molecule has 2 heterocycles. The fourth-order valence-electron chi connectivity index (χ4n) is 1.59. The van der Waals surface area contributed by atoms with E-state index < -0.39 is 0 Å². The van der Waals surface area contributed by atoms with E-state index in [2.05, 4.69) is 9.97 Å². The summed E-state index contributed by atoms with van der Waals surface area (Å²) in [5.74, 6) is 0.0146. The Balaban J connectivity index is 2.30. The summed E-state index contributed by atoms with van der Waals surface area (Å²) in [6, 6.07) is 3.76. The van der Waals surface area contributed by atoms with Crippen molar-refractivity contribution in [3.8, 4) is 10.6 Å². The van der Waals surface area contributed by atoms with Crippen LogP contribution in [-0.4, -0.2) is 34.4 Å². The van der Waals surface area contributed by atoms with Crippen LogP contribution in [0.25, 0.3) is 10.6 Å². The highest BCUT2D eigenvalue weighted by Crippen LogP contribution is 2.37. The van der Waals surface area contributed by atoms with Crippen LogP contribution in [0.4, 0.5) is 5.00 Å². The van der Waals surface area contributed by atoms with Crippen molar-refractivity contribution in [3.63, 3.8) is 0 Å². The van der Waals surface area contributed by atoms with Gasteiger partial charge in [-0.2, -0.15) is 11.8 Å². The Morgan fingerprint density at radius 1 is 1.55 bits per heavy atom. The van der Waals surface area contributed by atoms with Crippen LogP contribution in [0.2, 0.25) is 5.15 Å². The number of aromatic nitrogens is 2. The summed E-state index contributed by atoms with van der Waals surface area (Å²) in [5.41, 5.74) is 0.893. The quantitative estimate of drug-likeness (QED) is 0.861. The standard InChI is InChI=1S/C13H14ClN3OS2/c1-8(19-3)12(18)17(2)13-10(14)16-11(20-13)9-5-4-6-15-7-9/h4-8H,1-3H3. The third-order valence-electron chi connectivity index (χ3n) is 2.81. The lowest BCUT2D eigenvalue weighted by Gasteiger charge is -2.18. The van der Waals surface area contributed by atoms with Gasteiger partial charge in [-0.1, -0.05) is 22.9 Å². The predicted octanol–water partition coefficient (Wildman–Crippen LogP) is 3.57. The fraction of sp³-hybridized carbons (Fsp3) is 0.308. The van der Waals surface area contributed by atoms with E-state index in [1.807, 2.05) is 25.3 Å². The highest BCUT2D eigenvalue weighted by Gasteiger charge is 2.23. The molecule has 0 aromatic carbocycles. The Bertz CT molecular complexity index is 603. The van der Waals surface area contributed by atoms with Gasteiger partial charge < -0.3 is 4.90 Å². The lowest BCUT2D eigenvalue weighted by Crippen LogP contribution is -2.32. The average molecular weight is 328 g/mol. The van der Waals surface area contributed by atoms with Crippen molar-refractivity contribution in [1.29, 1.82) is 0 Å². The molecule has 0 aliphatic carbocycles. The molecule has 7 heteroatoms. The summed E-state index contributed by atoms with van der Waals surface area (Å²) >= 11 is 9.05. The third kappa shape index (κ3) is 3.13. The summed E-state index contributed by atoms with van der Waals surface area (Å²) in [6.45, 7) is 1.88. The van der Waals surface area contributed by atoms with E-state index in [4.69, 9.17) is 11.6 Å². The second-order valence-corrected chi connectivity index (χ2v) is 6.65. The van der Waals surface area contributed by atoms with E-state index in [0.717, 1.165) is 10.6 Å². The summed E-state index contributed by atoms with van der Waals surface area (Å²) in [7, 11) is 1.72. The number of thioether (sulfide) groups is 1. The predicted molar refractivity (Wildman–Crippen MR) is 86.7 cm³/mol. The smallest absolute Gasteiger partial charge is 0.240 e. The first-order chi connectivity index (χ1) is 9.54. The van der Waals surface area contributed by atoms with E-state index in [-0.39, 0.29) is 11.2 Å². The zero-order chi connectivity index (χ0) is 14.7. The maximum atomic E-state index is 12.2. The monoisotopic (exact) mass is 327 g/mol. The van der Waals surface area contributed by atoms with Gasteiger partial charge in [0.2, 0.25) is 5.91 Å². The maximum Gasteiger partial charge on any atom is 0.240 e. The van der Waals surface area contributed by atoms with Gasteiger partial charge in [0.25, 0.3) is 0 Å². The van der Waals surface area contributed by atoms with Crippen molar-refractivity contribution < 1.29 is 4.79 Å². The molecular formula is C13H14ClN3OS2. The minimum atomic E-state index is -0.111. The highest BCUT2D eigenvalue weighted by atomic mass is 35.5. The number of nitrogens with zero attached hydrogens (tertiary/aromatic N) is 3. The Labute approximate surface area is 131 Å². The maximum absolute atomic E-state index is 12.2. The highest BCUT2D eigenvalue weighted by molar-refractivity contribution is 7.99. The normalized spacial score (nSPS) is 12.2. The topological polar surface area (TPSA) is 46.1 Å². The summed E-state index contributed by atoms with van der Waals surface area (Å²) in [4.78, 5) is 22.1. The molecule has 4 nitrogen and oxygen atoms in total. The molecule has 0 bridgehead atoms. The van der Waals surface area contributed by atoms with Crippen LogP contribution >= 0.6 is 34.7 Å². The minimum Gasteiger partial charge on any atom is -0.303 e. The first kappa shape index (κ1) is 15.3. The van der Waals surface area contributed by atoms with Gasteiger partial charge in [0.1, 0.15) is 10.0 Å². The molecule has 1 amide bonds. The first-order valence-electron chi connectivity index (χ1n) is 5.91. The van der Waals surface area contributed by atoms with Crippen LogP contribution in [0.15, 0.2) is 24.5 Å². The summed E-state index contributed by atoms with van der Waals surface area (Å²) in [5, 5.41) is 1.66. The molecule has 2 aromatic rings. The van der Waals surface area contributed by atoms with Gasteiger partial charge in [0, 0.05) is 25.0 Å². The van der Waals surface area contributed by atoms with E-state index in [0.29, 0.717) is 10.2 Å². The van der Waals surface area contributed by atoms with Crippen LogP contribution < -0.4 is 4.90 Å². The number of thiazole rings is 1. The van der Waals surface area contributed by atoms with Gasteiger partial charge in [-0.15, -0.1) is 0 Å². The molecular weight excluding hydrogens is 314 g/mol. The van der Waals surface area contributed by atoms with Crippen LogP contribution in [0.1, 0.15) is 6.92 Å². The molecule has 0 saturated heterocycles. The molecule has 0 aliphatic heterocycles. The molecule has 0 aliphatic rings. The second-order valence-electron chi connectivity index (χ2n) is 4.13. The lowest BCUT2D eigenvalue weighted by molar-refractivity contribution is -0.117. The largest absolute Gasteiger partial charge is 0.303 e. The summed E-state index contributed by atoms with van der Waals surface area (Å²) < 4.78 is 0. The molecule has 20 heavy (non-hydrogen) atoms. The van der Waals surface area contributed by atoms with Crippen molar-refractivity contribution in [2.45, 2.75) is 12.2 Å². The number of amides is 1. The summed E-state index contributed by atoms with van der Waals surface area (Å²) in [6.07, 6.45) is 5.34. The number of pyridine rings is 1. The molecule has 0 spiro atoms. The van der Waals surface area contributed by atoms with Crippen molar-refractivity contribution in [3.05, 3.63) is 29.7 Å². The van der Waals surface area contributed by atoms with Crippen LogP contribution in [0.3, 0.4) is 0 Å². The molecule has 2 aromatic heterocycles. The number of carbonyl (C=O) groups is 1. The Kier molecular flexibility index (Phi) is 5.01. The van der Waals surface area contributed by atoms with Crippen molar-refractivity contribution >= 4 is 45.6 Å². The number of anilines is 1. The zero-order valence-electron chi connectivity index (χ0n) is 11.3. The van der Waals surface area contributed by atoms with Gasteiger partial charge >= 0.3 is 0 Å². The molecule has 0 fully saturated rings. The number of rotatable bonds is 4. The van der Waals surface area contributed by atoms with Gasteiger partial charge in [-0.25, -0.2) is 4.98 Å². The Hall–Kier alpha value is -1.11. The van der Waals surface area contributed by atoms with E-state index in [1.165, 1.54) is 23.1 Å². The number of hydrogen-bond donors (Lipinski definition) is 0. The molecule has 0 N–H and O–H groups in total. The minimum absolute atomic E-state index is 0.0146. The lowest BCUT2D eigenvalue weighted by atomic mass is 10.3. The SMILES string of the molecule is CSC(C)C(=O)N(C)c1sc(-c2cccnc2)nc1Cl. The molecule has 106 valence electrons. The molecule has 0 radical (unpaired) electrons. The molecule has 1 unspecified atom stereocenters. The Morgan fingerprint density at radius 2 is 2.30 bits per heavy atom. The van der Waals surface area contributed by atoms with Crippen molar-refractivity contribution in [2.24, 2.45) is 0 Å². The molecule has 2 rings (SSSR count). The zero-order valence-corrected chi connectivity index (χ0v) is 13.7. The van der Waals surface area contributed by atoms with Crippen molar-refractivity contribution in [2.75, 3.05) is 18.2 Å². The number of hydrogen-bond acceptors (Lipinski definition) is 5. The first-order valence-corrected chi connectivity index (χ1v) is 8.40. The van der Waals surface area contributed by atoms with Crippen LogP contribution in [-0.2, 0) is 4.79 Å². The molecule has 1 atom stereocenters. The van der Waals surface area contributed by atoms with E-state index >= 15 is 0 Å². The third-order valence-corrected chi connectivity index (χ3v) is 5.28. The van der Waals surface area contributed by atoms with E-state index in [1.54, 1.807) is 24.3 Å². The number of halogens is 1. The van der Waals surface area contributed by atoms with Gasteiger partial charge in [0.15, 0.2) is 5.15 Å². The van der Waals surface area contributed by atoms with Crippen LogP contribution in [0.5, 0.6) is 0 Å². The number of carbonyl (C=O) groups excluding carboxylic acids is 1. The van der Waals surface area contributed by atoms with Crippen LogP contribution in [0, 0.1) is 0 Å². The van der Waals surface area contributed by atoms with Gasteiger partial charge in [0.05, 0.1) is 5.25 Å². The van der Waals surface area contributed by atoms with Crippen molar-refractivity contribution in [1.82, 2.24) is 9.97 Å². The van der Waals surface area contributed by atoms with E-state index in [9.17, 15) is 4.79 Å². The average Bonchev–Trinajstić information content (AvgIpc) is 2.87. The van der Waals surface area contributed by atoms with Gasteiger partial charge in [-0.3, -0.25) is 9.78 Å². The Morgan fingerprint density at radius 3 is 2.90 bits per heavy atom.